The van der Waals surface area contributed by atoms with Crippen molar-refractivity contribution in [2.75, 3.05) is 6.66 Å². The average molecular weight is 305 g/mol. The van der Waals surface area contributed by atoms with Crippen LogP contribution < -0.4 is 10.6 Å². The summed E-state index contributed by atoms with van der Waals surface area (Å²) < 4.78 is 5.18. The van der Waals surface area contributed by atoms with Crippen molar-refractivity contribution < 1.29 is 0 Å². The van der Waals surface area contributed by atoms with Crippen LogP contribution in [0.2, 0.25) is 0 Å². The van der Waals surface area contributed by atoms with Gasteiger partial charge in [-0.3, -0.25) is 4.74 Å². The van der Waals surface area contributed by atoms with Crippen molar-refractivity contribution in [1.82, 2.24) is 0 Å². The Morgan fingerprint density at radius 2 is 1.09 bits per heavy atom. The van der Waals surface area contributed by atoms with Crippen molar-refractivity contribution in [1.29, 1.82) is 0 Å². The van der Waals surface area contributed by atoms with Crippen LogP contribution in [0.3, 0.4) is 0 Å². The fourth-order valence-corrected chi connectivity index (χ4v) is 5.17. The highest BCUT2D eigenvalue weighted by Crippen LogP contribution is 2.46. The number of nitrogens with zero attached hydrogens (tertiary/aromatic N) is 1. The second-order valence-corrected chi connectivity index (χ2v) is 8.72. The van der Waals surface area contributed by atoms with Crippen molar-refractivity contribution in [3.63, 3.8) is 0 Å². The van der Waals surface area contributed by atoms with Crippen LogP contribution in [0, 0.1) is 6.92 Å². The molecule has 0 saturated heterocycles. The molecule has 22 heavy (non-hydrogen) atoms. The van der Waals surface area contributed by atoms with Crippen LogP contribution in [-0.4, -0.2) is 6.66 Å². The zero-order chi connectivity index (χ0) is 15.4. The normalized spacial score (nSPS) is 11.2. The van der Waals surface area contributed by atoms with Crippen molar-refractivity contribution in [2.24, 2.45) is 4.74 Å². The average Bonchev–Trinajstić information content (AvgIpc) is 2.58. The Hall–Kier alpha value is -2.11. The lowest BCUT2D eigenvalue weighted by molar-refractivity contribution is 1.44. The largest absolute Gasteiger partial charge is 0.259 e. The van der Waals surface area contributed by atoms with Crippen LogP contribution in [0.5, 0.6) is 0 Å². The van der Waals surface area contributed by atoms with E-state index in [9.17, 15) is 0 Å². The highest BCUT2D eigenvalue weighted by molar-refractivity contribution is 7.80. The van der Waals surface area contributed by atoms with Gasteiger partial charge in [0, 0.05) is 7.05 Å². The third-order valence-corrected chi connectivity index (χ3v) is 7.11. The van der Waals surface area contributed by atoms with Crippen LogP contribution in [0.4, 0.5) is 5.69 Å². The molecule has 110 valence electrons. The molecule has 3 aromatic rings. The summed E-state index contributed by atoms with van der Waals surface area (Å²) >= 11 is 0. The third-order valence-electron chi connectivity index (χ3n) is 3.87. The summed E-state index contributed by atoms with van der Waals surface area (Å²) in [6.07, 6.45) is 0. The van der Waals surface area contributed by atoms with E-state index in [4.69, 9.17) is 4.74 Å². The molecule has 0 aliphatic heterocycles. The van der Waals surface area contributed by atoms with Crippen LogP contribution in [0.25, 0.3) is 0 Å². The van der Waals surface area contributed by atoms with Gasteiger partial charge in [-0.15, -0.1) is 0 Å². The predicted octanol–water partition coefficient (Wildman–Crippen LogP) is 5.11. The van der Waals surface area contributed by atoms with Crippen LogP contribution in [0.1, 0.15) is 5.56 Å². The van der Waals surface area contributed by atoms with E-state index in [0.29, 0.717) is 0 Å². The molecule has 1 nitrogen and oxygen atoms in total. The first kappa shape index (κ1) is 14.8. The summed E-state index contributed by atoms with van der Waals surface area (Å²) in [4.78, 5) is 0. The van der Waals surface area contributed by atoms with Crippen molar-refractivity contribution in [3.05, 3.63) is 90.5 Å². The molecule has 0 N–H and O–H groups in total. The Morgan fingerprint density at radius 1 is 0.636 bits per heavy atom. The molecular formula is C20H20NP. The molecule has 0 aliphatic rings. The van der Waals surface area contributed by atoms with Gasteiger partial charge >= 0.3 is 0 Å². The molecule has 0 saturated carbocycles. The van der Waals surface area contributed by atoms with Crippen LogP contribution >= 0.6 is 7.05 Å². The molecular weight excluding hydrogens is 285 g/mol. The fraction of sp³-hybridized carbons (Fsp3) is 0.100. The SMILES string of the molecule is Cc1ccc(N=P(C)(c2ccccc2)c2ccccc2)cc1. The maximum atomic E-state index is 5.18. The minimum Gasteiger partial charge on any atom is -0.259 e. The zero-order valence-electron chi connectivity index (χ0n) is 13.0. The first-order valence-electron chi connectivity index (χ1n) is 7.46. The molecule has 2 heteroatoms. The van der Waals surface area contributed by atoms with Gasteiger partial charge in [0.05, 0.1) is 5.69 Å². The maximum absolute atomic E-state index is 5.18. The van der Waals surface area contributed by atoms with E-state index >= 15 is 0 Å². The van der Waals surface area contributed by atoms with E-state index in [1.165, 1.54) is 16.2 Å². The summed E-state index contributed by atoms with van der Waals surface area (Å²) in [6, 6.07) is 29.8. The molecule has 0 amide bonds. The van der Waals surface area contributed by atoms with Gasteiger partial charge in [0.15, 0.2) is 0 Å². The molecule has 0 aromatic heterocycles. The first-order chi connectivity index (χ1) is 10.7. The number of rotatable bonds is 3. The smallest absolute Gasteiger partial charge is 0.0621 e. The fourth-order valence-electron chi connectivity index (χ4n) is 2.54. The molecule has 0 heterocycles. The predicted molar refractivity (Wildman–Crippen MR) is 98.3 cm³/mol. The number of aryl methyl sites for hydroxylation is 1. The summed E-state index contributed by atoms with van der Waals surface area (Å²) in [5.41, 5.74) is 2.31. The monoisotopic (exact) mass is 305 g/mol. The molecule has 0 aliphatic carbocycles. The zero-order valence-corrected chi connectivity index (χ0v) is 13.9. The van der Waals surface area contributed by atoms with Gasteiger partial charge in [-0.25, -0.2) is 0 Å². The molecule has 0 atom stereocenters. The van der Waals surface area contributed by atoms with Gasteiger partial charge in [0.2, 0.25) is 0 Å². The summed E-state index contributed by atoms with van der Waals surface area (Å²) in [6.45, 7) is 4.39. The van der Waals surface area contributed by atoms with Crippen molar-refractivity contribution in [2.45, 2.75) is 6.92 Å². The lowest BCUT2D eigenvalue weighted by Gasteiger charge is -2.21. The van der Waals surface area contributed by atoms with Gasteiger partial charge < -0.3 is 0 Å². The van der Waals surface area contributed by atoms with Crippen LogP contribution in [0.15, 0.2) is 89.7 Å². The third kappa shape index (κ3) is 3.05. The van der Waals surface area contributed by atoms with Crippen LogP contribution in [-0.2, 0) is 0 Å². The van der Waals surface area contributed by atoms with E-state index in [1.54, 1.807) is 0 Å². The van der Waals surface area contributed by atoms with Crippen molar-refractivity contribution >= 4 is 23.4 Å². The first-order valence-corrected chi connectivity index (χ1v) is 9.65. The summed E-state index contributed by atoms with van der Waals surface area (Å²) in [7, 11) is -1.79. The van der Waals surface area contributed by atoms with Gasteiger partial charge in [-0.1, -0.05) is 78.4 Å². The second-order valence-electron chi connectivity index (χ2n) is 5.57. The lowest BCUT2D eigenvalue weighted by atomic mass is 10.2. The Kier molecular flexibility index (Phi) is 4.27. The second kappa shape index (κ2) is 6.34. The summed E-state index contributed by atoms with van der Waals surface area (Å²) in [5, 5.41) is 2.61. The molecule has 0 radical (unpaired) electrons. The molecule has 3 rings (SSSR count). The van der Waals surface area contributed by atoms with Gasteiger partial charge in [0.1, 0.15) is 0 Å². The number of hydrogen-bond donors (Lipinski definition) is 0. The quantitative estimate of drug-likeness (QED) is 0.596. The Labute approximate surface area is 132 Å². The van der Waals surface area contributed by atoms with Gasteiger partial charge in [-0.05, 0) is 36.3 Å². The van der Waals surface area contributed by atoms with E-state index < -0.39 is 7.05 Å². The Bertz CT molecular complexity index is 747. The number of benzene rings is 3. The number of hydrogen-bond acceptors (Lipinski definition) is 1. The summed E-state index contributed by atoms with van der Waals surface area (Å²) in [5.74, 6) is 0. The molecule has 0 unspecified atom stereocenters. The van der Waals surface area contributed by atoms with Crippen molar-refractivity contribution in [3.8, 4) is 0 Å². The molecule has 0 bridgehead atoms. The Balaban J connectivity index is 2.22. The van der Waals surface area contributed by atoms with Gasteiger partial charge in [-0.2, -0.15) is 0 Å². The van der Waals surface area contributed by atoms with E-state index in [0.717, 1.165) is 5.69 Å². The van der Waals surface area contributed by atoms with E-state index in [1.807, 2.05) is 0 Å². The highest BCUT2D eigenvalue weighted by Gasteiger charge is 2.18. The van der Waals surface area contributed by atoms with Gasteiger partial charge in [0.25, 0.3) is 0 Å². The minimum atomic E-state index is -1.79. The standard InChI is InChI=1S/C20H20NP/c1-17-13-15-18(16-14-17)21-22(2,19-9-5-3-6-10-19)20-11-7-4-8-12-20/h3-16H,1-2H3. The molecule has 3 aromatic carbocycles. The molecule has 0 spiro atoms. The Morgan fingerprint density at radius 3 is 1.55 bits per heavy atom. The highest BCUT2D eigenvalue weighted by atomic mass is 31.2. The molecule has 0 fully saturated rings. The van der Waals surface area contributed by atoms with E-state index in [-0.39, 0.29) is 0 Å². The maximum Gasteiger partial charge on any atom is 0.0621 e. The van der Waals surface area contributed by atoms with E-state index in [2.05, 4.69) is 98.5 Å². The minimum absolute atomic E-state index is 1.05. The lowest BCUT2D eigenvalue weighted by Crippen LogP contribution is -2.14. The topological polar surface area (TPSA) is 12.4 Å².